The van der Waals surface area contributed by atoms with Gasteiger partial charge in [-0.3, -0.25) is 4.79 Å². The van der Waals surface area contributed by atoms with E-state index in [-0.39, 0.29) is 11.4 Å². The fourth-order valence-electron chi connectivity index (χ4n) is 2.33. The van der Waals surface area contributed by atoms with E-state index in [1.165, 1.54) is 4.90 Å². The molecule has 1 aliphatic rings. The van der Waals surface area contributed by atoms with E-state index >= 15 is 0 Å². The SMILES string of the molecule is CC(C)Sc1ccc(C(=O)NC(C)(CN)C2CC2)cc1. The maximum Gasteiger partial charge on any atom is 0.251 e. The Morgan fingerprint density at radius 1 is 1.40 bits per heavy atom. The van der Waals surface area contributed by atoms with Gasteiger partial charge in [0.1, 0.15) is 0 Å². The van der Waals surface area contributed by atoms with Crippen molar-refractivity contribution in [3.05, 3.63) is 29.8 Å². The van der Waals surface area contributed by atoms with Crippen LogP contribution >= 0.6 is 11.8 Å². The fraction of sp³-hybridized carbons (Fsp3) is 0.562. The topological polar surface area (TPSA) is 55.1 Å². The third kappa shape index (κ3) is 3.76. The summed E-state index contributed by atoms with van der Waals surface area (Å²) in [6.45, 7) is 6.86. The summed E-state index contributed by atoms with van der Waals surface area (Å²) in [6.07, 6.45) is 2.33. The summed E-state index contributed by atoms with van der Waals surface area (Å²) in [7, 11) is 0. The minimum atomic E-state index is -0.261. The number of hydrogen-bond donors (Lipinski definition) is 2. The molecule has 1 aliphatic carbocycles. The van der Waals surface area contributed by atoms with E-state index in [1.807, 2.05) is 31.2 Å². The molecule has 1 fully saturated rings. The van der Waals surface area contributed by atoms with Crippen molar-refractivity contribution >= 4 is 17.7 Å². The van der Waals surface area contributed by atoms with Crippen LogP contribution in [0.15, 0.2) is 29.2 Å². The first-order valence-corrected chi connectivity index (χ1v) is 8.12. The van der Waals surface area contributed by atoms with E-state index < -0.39 is 0 Å². The van der Waals surface area contributed by atoms with Gasteiger partial charge in [0.05, 0.1) is 5.54 Å². The van der Waals surface area contributed by atoms with E-state index in [2.05, 4.69) is 19.2 Å². The molecule has 0 bridgehead atoms. The number of benzene rings is 1. The molecule has 1 saturated carbocycles. The highest BCUT2D eigenvalue weighted by molar-refractivity contribution is 7.99. The lowest BCUT2D eigenvalue weighted by Gasteiger charge is -2.29. The summed E-state index contributed by atoms with van der Waals surface area (Å²) in [5.41, 5.74) is 6.28. The van der Waals surface area contributed by atoms with Gasteiger partial charge in [0, 0.05) is 22.3 Å². The van der Waals surface area contributed by atoms with Crippen LogP contribution in [0.1, 0.15) is 44.0 Å². The summed E-state index contributed by atoms with van der Waals surface area (Å²) in [5.74, 6) is 0.512. The summed E-state index contributed by atoms with van der Waals surface area (Å²) in [5, 5.41) is 3.66. The van der Waals surface area contributed by atoms with E-state index in [1.54, 1.807) is 11.8 Å². The van der Waals surface area contributed by atoms with Gasteiger partial charge in [-0.05, 0) is 49.9 Å². The quantitative estimate of drug-likeness (QED) is 0.792. The molecule has 0 aliphatic heterocycles. The molecular formula is C16H24N2OS. The highest BCUT2D eigenvalue weighted by Gasteiger charge is 2.41. The van der Waals surface area contributed by atoms with Crippen LogP contribution in [-0.4, -0.2) is 23.2 Å². The van der Waals surface area contributed by atoms with Gasteiger partial charge in [0.15, 0.2) is 0 Å². The van der Waals surface area contributed by atoms with Gasteiger partial charge < -0.3 is 11.1 Å². The van der Waals surface area contributed by atoms with Crippen molar-refractivity contribution in [2.24, 2.45) is 11.7 Å². The van der Waals surface area contributed by atoms with Crippen LogP contribution in [0.25, 0.3) is 0 Å². The number of carbonyl (C=O) groups excluding carboxylic acids is 1. The molecule has 0 aromatic heterocycles. The summed E-state index contributed by atoms with van der Waals surface area (Å²) in [6, 6.07) is 7.81. The van der Waals surface area contributed by atoms with Crippen molar-refractivity contribution in [1.29, 1.82) is 0 Å². The lowest BCUT2D eigenvalue weighted by Crippen LogP contribution is -2.53. The molecule has 1 amide bonds. The first-order chi connectivity index (χ1) is 9.44. The minimum Gasteiger partial charge on any atom is -0.345 e. The van der Waals surface area contributed by atoms with Crippen molar-refractivity contribution in [1.82, 2.24) is 5.32 Å². The average Bonchev–Trinajstić information content (AvgIpc) is 3.23. The molecule has 1 aromatic rings. The van der Waals surface area contributed by atoms with Gasteiger partial charge in [0.25, 0.3) is 5.91 Å². The largest absolute Gasteiger partial charge is 0.345 e. The molecule has 4 heteroatoms. The van der Waals surface area contributed by atoms with Crippen molar-refractivity contribution in [3.63, 3.8) is 0 Å². The summed E-state index contributed by atoms with van der Waals surface area (Å²) in [4.78, 5) is 13.5. The Morgan fingerprint density at radius 2 is 2.00 bits per heavy atom. The molecule has 3 nitrogen and oxygen atoms in total. The Bertz CT molecular complexity index is 468. The molecule has 110 valence electrons. The predicted octanol–water partition coefficient (Wildman–Crippen LogP) is 3.04. The number of amides is 1. The third-order valence-electron chi connectivity index (χ3n) is 3.79. The number of nitrogens with one attached hydrogen (secondary N) is 1. The van der Waals surface area contributed by atoms with Gasteiger partial charge in [-0.1, -0.05) is 13.8 Å². The Morgan fingerprint density at radius 3 is 2.45 bits per heavy atom. The van der Waals surface area contributed by atoms with Crippen LogP contribution in [0.5, 0.6) is 0 Å². The van der Waals surface area contributed by atoms with Crippen LogP contribution < -0.4 is 11.1 Å². The van der Waals surface area contributed by atoms with E-state index in [9.17, 15) is 4.79 Å². The Balaban J connectivity index is 2.01. The zero-order chi connectivity index (χ0) is 14.8. The molecule has 0 spiro atoms. The molecule has 20 heavy (non-hydrogen) atoms. The number of thioether (sulfide) groups is 1. The van der Waals surface area contributed by atoms with Gasteiger partial charge in [-0.15, -0.1) is 11.8 Å². The molecule has 1 atom stereocenters. The van der Waals surface area contributed by atoms with Crippen LogP contribution in [0.2, 0.25) is 0 Å². The molecule has 0 heterocycles. The van der Waals surface area contributed by atoms with Crippen molar-refractivity contribution in [2.45, 2.75) is 49.3 Å². The normalized spacial score (nSPS) is 17.9. The maximum atomic E-state index is 12.3. The van der Waals surface area contributed by atoms with Crippen LogP contribution in [-0.2, 0) is 0 Å². The highest BCUT2D eigenvalue weighted by Crippen LogP contribution is 2.39. The minimum absolute atomic E-state index is 0.0223. The first kappa shape index (κ1) is 15.4. The van der Waals surface area contributed by atoms with Crippen molar-refractivity contribution in [3.8, 4) is 0 Å². The number of nitrogens with two attached hydrogens (primary N) is 1. The zero-order valence-electron chi connectivity index (χ0n) is 12.5. The van der Waals surface area contributed by atoms with Crippen LogP contribution in [0, 0.1) is 5.92 Å². The van der Waals surface area contributed by atoms with E-state index in [0.717, 1.165) is 12.8 Å². The Hall–Kier alpha value is -1.00. The predicted molar refractivity (Wildman–Crippen MR) is 85.1 cm³/mol. The fourth-order valence-corrected chi connectivity index (χ4v) is 3.17. The number of hydrogen-bond acceptors (Lipinski definition) is 3. The summed E-state index contributed by atoms with van der Waals surface area (Å²) >= 11 is 1.80. The van der Waals surface area contributed by atoms with Crippen molar-refractivity contribution < 1.29 is 4.79 Å². The molecule has 2 rings (SSSR count). The molecular weight excluding hydrogens is 268 g/mol. The third-order valence-corrected chi connectivity index (χ3v) is 4.81. The smallest absolute Gasteiger partial charge is 0.251 e. The molecule has 0 radical (unpaired) electrons. The van der Waals surface area contributed by atoms with Gasteiger partial charge >= 0.3 is 0 Å². The molecule has 3 N–H and O–H groups in total. The van der Waals surface area contributed by atoms with E-state index in [0.29, 0.717) is 23.3 Å². The average molecular weight is 292 g/mol. The molecule has 1 aromatic carbocycles. The van der Waals surface area contributed by atoms with Gasteiger partial charge in [-0.2, -0.15) is 0 Å². The van der Waals surface area contributed by atoms with Crippen LogP contribution in [0.3, 0.4) is 0 Å². The monoisotopic (exact) mass is 292 g/mol. The Kier molecular flexibility index (Phi) is 4.76. The Labute approximate surface area is 125 Å². The van der Waals surface area contributed by atoms with Crippen LogP contribution in [0.4, 0.5) is 0 Å². The number of carbonyl (C=O) groups is 1. The number of rotatable bonds is 6. The zero-order valence-corrected chi connectivity index (χ0v) is 13.3. The van der Waals surface area contributed by atoms with Gasteiger partial charge in [-0.25, -0.2) is 0 Å². The lowest BCUT2D eigenvalue weighted by molar-refractivity contribution is 0.0898. The maximum absolute atomic E-state index is 12.3. The second-order valence-electron chi connectivity index (χ2n) is 6.04. The lowest BCUT2D eigenvalue weighted by atomic mass is 9.95. The second kappa shape index (κ2) is 6.19. The molecule has 1 unspecified atom stereocenters. The standard InChI is InChI=1S/C16H24N2OS/c1-11(2)20-14-8-4-12(5-9-14)15(19)18-16(3,10-17)13-6-7-13/h4-5,8-9,11,13H,6-7,10,17H2,1-3H3,(H,18,19). The summed E-state index contributed by atoms with van der Waals surface area (Å²) < 4.78 is 0. The molecule has 0 saturated heterocycles. The highest BCUT2D eigenvalue weighted by atomic mass is 32.2. The second-order valence-corrected chi connectivity index (χ2v) is 7.69. The van der Waals surface area contributed by atoms with Crippen molar-refractivity contribution in [2.75, 3.05) is 6.54 Å². The first-order valence-electron chi connectivity index (χ1n) is 7.24. The van der Waals surface area contributed by atoms with Gasteiger partial charge in [0.2, 0.25) is 0 Å². The van der Waals surface area contributed by atoms with E-state index in [4.69, 9.17) is 5.73 Å².